The second kappa shape index (κ2) is 4.35. The quantitative estimate of drug-likeness (QED) is 0.855. The van der Waals surface area contributed by atoms with Gasteiger partial charge in [0.25, 0.3) is 0 Å². The fourth-order valence-corrected chi connectivity index (χ4v) is 2.61. The molecular formula is C13H17F2NO. The van der Waals surface area contributed by atoms with Crippen molar-refractivity contribution in [3.05, 3.63) is 35.4 Å². The minimum Gasteiger partial charge on any atom is -0.388 e. The molecule has 0 aliphatic carbocycles. The summed E-state index contributed by atoms with van der Waals surface area (Å²) in [7, 11) is 1.94. The third-order valence-corrected chi connectivity index (χ3v) is 3.43. The van der Waals surface area contributed by atoms with Crippen LogP contribution in [0, 0.1) is 11.6 Å². The van der Waals surface area contributed by atoms with E-state index in [0.717, 1.165) is 6.07 Å². The van der Waals surface area contributed by atoms with Gasteiger partial charge >= 0.3 is 0 Å². The van der Waals surface area contributed by atoms with E-state index in [9.17, 15) is 13.9 Å². The van der Waals surface area contributed by atoms with Crippen LogP contribution >= 0.6 is 0 Å². The van der Waals surface area contributed by atoms with E-state index >= 15 is 0 Å². The van der Waals surface area contributed by atoms with Crippen molar-refractivity contribution in [3.63, 3.8) is 0 Å². The maximum Gasteiger partial charge on any atom is 0.126 e. The molecule has 4 heteroatoms. The molecule has 1 aliphatic heterocycles. The van der Waals surface area contributed by atoms with Crippen molar-refractivity contribution in [2.45, 2.75) is 31.4 Å². The van der Waals surface area contributed by atoms with Crippen LogP contribution in [0.15, 0.2) is 18.2 Å². The molecule has 0 radical (unpaired) electrons. The summed E-state index contributed by atoms with van der Waals surface area (Å²) in [5.41, 5.74) is -0.374. The van der Waals surface area contributed by atoms with E-state index in [1.165, 1.54) is 12.1 Å². The summed E-state index contributed by atoms with van der Waals surface area (Å²) in [6, 6.07) is 3.70. The molecule has 1 aromatic carbocycles. The molecule has 1 aromatic rings. The first kappa shape index (κ1) is 12.5. The fraction of sp³-hybridized carbons (Fsp3) is 0.538. The van der Waals surface area contributed by atoms with Crippen LogP contribution in [0.1, 0.15) is 18.9 Å². The van der Waals surface area contributed by atoms with Crippen molar-refractivity contribution >= 4 is 0 Å². The molecule has 2 rings (SSSR count). The number of likely N-dealkylation sites (tertiary alicyclic amines) is 1. The molecule has 2 nitrogen and oxygen atoms in total. The maximum atomic E-state index is 13.0. The number of rotatable bonds is 2. The SMILES string of the molecule is CC1CC(O)(Cc2cc(F)cc(F)c2)CN1C. The molecule has 0 spiro atoms. The number of β-amino-alcohol motifs (C(OH)–C–C–N with tert-alkyl or cyclic N) is 1. The summed E-state index contributed by atoms with van der Waals surface area (Å²) >= 11 is 0. The van der Waals surface area contributed by atoms with Crippen LogP contribution in [-0.4, -0.2) is 35.2 Å². The first-order valence-electron chi connectivity index (χ1n) is 5.76. The van der Waals surface area contributed by atoms with Gasteiger partial charge in [0.2, 0.25) is 0 Å². The summed E-state index contributed by atoms with van der Waals surface area (Å²) in [6.07, 6.45) is 0.915. The van der Waals surface area contributed by atoms with Crippen LogP contribution in [-0.2, 0) is 6.42 Å². The first-order chi connectivity index (χ1) is 7.88. The van der Waals surface area contributed by atoms with Crippen molar-refractivity contribution in [1.82, 2.24) is 4.90 Å². The van der Waals surface area contributed by atoms with E-state index in [-0.39, 0.29) is 6.42 Å². The Hall–Kier alpha value is -1.00. The molecular weight excluding hydrogens is 224 g/mol. The van der Waals surface area contributed by atoms with Crippen LogP contribution in [0.2, 0.25) is 0 Å². The Balaban J connectivity index is 2.15. The largest absolute Gasteiger partial charge is 0.388 e. The molecule has 0 aromatic heterocycles. The van der Waals surface area contributed by atoms with E-state index in [2.05, 4.69) is 4.90 Å². The van der Waals surface area contributed by atoms with Crippen LogP contribution in [0.4, 0.5) is 8.78 Å². The summed E-state index contributed by atoms with van der Waals surface area (Å²) in [6.45, 7) is 2.57. The van der Waals surface area contributed by atoms with Gasteiger partial charge < -0.3 is 10.0 Å². The lowest BCUT2D eigenvalue weighted by molar-refractivity contribution is 0.0519. The number of benzene rings is 1. The molecule has 0 bridgehead atoms. The van der Waals surface area contributed by atoms with Crippen molar-refractivity contribution in [2.24, 2.45) is 0 Å². The second-order valence-corrected chi connectivity index (χ2v) is 5.15. The summed E-state index contributed by atoms with van der Waals surface area (Å²) in [5, 5.41) is 10.4. The fourth-order valence-electron chi connectivity index (χ4n) is 2.61. The van der Waals surface area contributed by atoms with E-state index in [4.69, 9.17) is 0 Å². The average Bonchev–Trinajstić information content (AvgIpc) is 2.37. The minimum absolute atomic E-state index is 0.288. The molecule has 17 heavy (non-hydrogen) atoms. The van der Waals surface area contributed by atoms with Crippen molar-refractivity contribution in [1.29, 1.82) is 0 Å². The standard InChI is InChI=1S/C13H17F2NO/c1-9-6-13(17,8-16(9)2)7-10-3-11(14)5-12(15)4-10/h3-5,9,17H,6-8H2,1-2H3. The average molecular weight is 241 g/mol. The van der Waals surface area contributed by atoms with Gasteiger partial charge in [-0.25, -0.2) is 8.78 Å². The van der Waals surface area contributed by atoms with Gasteiger partial charge in [-0.2, -0.15) is 0 Å². The molecule has 1 N–H and O–H groups in total. The third-order valence-electron chi connectivity index (χ3n) is 3.43. The van der Waals surface area contributed by atoms with Crippen molar-refractivity contribution in [3.8, 4) is 0 Å². The van der Waals surface area contributed by atoms with E-state index < -0.39 is 17.2 Å². The van der Waals surface area contributed by atoms with Gasteiger partial charge in [0, 0.05) is 25.1 Å². The molecule has 1 fully saturated rings. The number of nitrogens with zero attached hydrogens (tertiary/aromatic N) is 1. The summed E-state index contributed by atoms with van der Waals surface area (Å²) in [4.78, 5) is 2.05. The van der Waals surface area contributed by atoms with Gasteiger partial charge in [0.15, 0.2) is 0 Å². The number of hydrogen-bond donors (Lipinski definition) is 1. The van der Waals surface area contributed by atoms with Crippen molar-refractivity contribution in [2.75, 3.05) is 13.6 Å². The number of hydrogen-bond acceptors (Lipinski definition) is 2. The highest BCUT2D eigenvalue weighted by molar-refractivity contribution is 5.20. The summed E-state index contributed by atoms with van der Waals surface area (Å²) < 4.78 is 26.1. The normalized spacial score (nSPS) is 29.8. The van der Waals surface area contributed by atoms with Crippen LogP contribution in [0.5, 0.6) is 0 Å². The molecule has 2 atom stereocenters. The molecule has 1 heterocycles. The Kier molecular flexibility index (Phi) is 3.19. The molecule has 2 unspecified atom stereocenters. The lowest BCUT2D eigenvalue weighted by Gasteiger charge is -2.22. The molecule has 94 valence electrons. The van der Waals surface area contributed by atoms with Gasteiger partial charge in [-0.3, -0.25) is 0 Å². The smallest absolute Gasteiger partial charge is 0.126 e. The van der Waals surface area contributed by atoms with E-state index in [1.54, 1.807) is 0 Å². The Morgan fingerprint density at radius 3 is 2.41 bits per heavy atom. The molecule has 0 amide bonds. The molecule has 1 saturated heterocycles. The Morgan fingerprint density at radius 2 is 1.94 bits per heavy atom. The van der Waals surface area contributed by atoms with Crippen LogP contribution in [0.25, 0.3) is 0 Å². The van der Waals surface area contributed by atoms with E-state index in [0.29, 0.717) is 24.6 Å². The van der Waals surface area contributed by atoms with E-state index in [1.807, 2.05) is 14.0 Å². The predicted octanol–water partition coefficient (Wildman–Crippen LogP) is 1.96. The highest BCUT2D eigenvalue weighted by atomic mass is 19.1. The van der Waals surface area contributed by atoms with Crippen molar-refractivity contribution < 1.29 is 13.9 Å². The zero-order valence-electron chi connectivity index (χ0n) is 10.1. The van der Waals surface area contributed by atoms with Gasteiger partial charge in [-0.1, -0.05) is 0 Å². The number of aliphatic hydroxyl groups is 1. The lowest BCUT2D eigenvalue weighted by Crippen LogP contribution is -2.34. The predicted molar refractivity (Wildman–Crippen MR) is 61.7 cm³/mol. The minimum atomic E-state index is -0.881. The Morgan fingerprint density at radius 1 is 1.35 bits per heavy atom. The first-order valence-corrected chi connectivity index (χ1v) is 5.76. The monoisotopic (exact) mass is 241 g/mol. The zero-order valence-corrected chi connectivity index (χ0v) is 10.1. The second-order valence-electron chi connectivity index (χ2n) is 5.15. The molecule has 0 saturated carbocycles. The van der Waals surface area contributed by atoms with Crippen LogP contribution in [0.3, 0.4) is 0 Å². The van der Waals surface area contributed by atoms with Gasteiger partial charge in [0.05, 0.1) is 5.60 Å². The molecule has 1 aliphatic rings. The highest BCUT2D eigenvalue weighted by Gasteiger charge is 2.38. The highest BCUT2D eigenvalue weighted by Crippen LogP contribution is 2.29. The van der Waals surface area contributed by atoms with Crippen LogP contribution < -0.4 is 0 Å². The number of likely N-dealkylation sites (N-methyl/N-ethyl adjacent to an activating group) is 1. The third kappa shape index (κ3) is 2.82. The Bertz CT molecular complexity index is 392. The lowest BCUT2D eigenvalue weighted by atomic mass is 9.92. The summed E-state index contributed by atoms with van der Waals surface area (Å²) in [5.74, 6) is -1.19. The number of halogens is 2. The Labute approximate surface area is 99.9 Å². The topological polar surface area (TPSA) is 23.5 Å². The maximum absolute atomic E-state index is 13.0. The zero-order chi connectivity index (χ0) is 12.6. The van der Waals surface area contributed by atoms with Gasteiger partial charge in [-0.05, 0) is 38.1 Å². The van der Waals surface area contributed by atoms with Gasteiger partial charge in [-0.15, -0.1) is 0 Å². The van der Waals surface area contributed by atoms with Gasteiger partial charge in [0.1, 0.15) is 11.6 Å².